The molecule has 1 atom stereocenters. The third kappa shape index (κ3) is 4.41. The van der Waals surface area contributed by atoms with Gasteiger partial charge in [-0.25, -0.2) is 4.39 Å². The van der Waals surface area contributed by atoms with Gasteiger partial charge in [-0.15, -0.1) is 0 Å². The Balaban J connectivity index is 1.49. The number of aliphatic hydroxyl groups is 1. The second kappa shape index (κ2) is 9.54. The topological polar surface area (TPSA) is 95.6 Å². The lowest BCUT2D eigenvalue weighted by atomic mass is 9.62. The molecule has 0 spiro atoms. The van der Waals surface area contributed by atoms with Crippen LogP contribution in [0.15, 0.2) is 47.2 Å². The van der Waals surface area contributed by atoms with Crippen LogP contribution in [0, 0.1) is 5.41 Å². The predicted molar refractivity (Wildman–Crippen MR) is 141 cm³/mol. The number of piperidine rings is 1. The van der Waals surface area contributed by atoms with Crippen LogP contribution >= 0.6 is 0 Å². The summed E-state index contributed by atoms with van der Waals surface area (Å²) in [4.78, 5) is 24.2. The van der Waals surface area contributed by atoms with Crippen LogP contribution in [0.3, 0.4) is 0 Å². The van der Waals surface area contributed by atoms with E-state index in [2.05, 4.69) is 52.9 Å². The number of carbonyl (C=O) groups excluding carboxylic acids is 1. The largest absolute Gasteiger partial charge is 0.380 e. The number of rotatable bonds is 6. The van der Waals surface area contributed by atoms with Crippen LogP contribution in [0.2, 0.25) is 0 Å². The highest BCUT2D eigenvalue weighted by atomic mass is 19.1. The minimum absolute atomic E-state index is 0.0705. The molecule has 2 aliphatic rings. The van der Waals surface area contributed by atoms with Gasteiger partial charge in [-0.05, 0) is 30.2 Å². The Kier molecular flexibility index (Phi) is 6.64. The van der Waals surface area contributed by atoms with Gasteiger partial charge in [-0.3, -0.25) is 9.78 Å². The lowest BCUT2D eigenvalue weighted by Crippen LogP contribution is -2.63. The number of alkyl halides is 1. The van der Waals surface area contributed by atoms with Crippen molar-refractivity contribution in [1.82, 2.24) is 24.9 Å². The second-order valence-electron chi connectivity index (χ2n) is 11.6. The zero-order valence-electron chi connectivity index (χ0n) is 22.7. The molecule has 8 nitrogen and oxygen atoms in total. The van der Waals surface area contributed by atoms with Crippen LogP contribution in [0.5, 0.6) is 0 Å². The first-order valence-electron chi connectivity index (χ1n) is 13.2. The molecule has 1 N–H and O–H groups in total. The second-order valence-corrected chi connectivity index (χ2v) is 11.6. The summed E-state index contributed by atoms with van der Waals surface area (Å²) in [6, 6.07) is 9.95. The number of pyridine rings is 1. The molecule has 38 heavy (non-hydrogen) atoms. The van der Waals surface area contributed by atoms with Gasteiger partial charge in [0.05, 0.1) is 0 Å². The van der Waals surface area contributed by atoms with Crippen LogP contribution in [0.4, 0.5) is 4.39 Å². The summed E-state index contributed by atoms with van der Waals surface area (Å²) in [6.07, 6.45) is 3.48. The van der Waals surface area contributed by atoms with Crippen molar-refractivity contribution in [3.8, 4) is 11.4 Å². The molecule has 0 aliphatic carbocycles. The molecule has 1 amide bonds. The zero-order chi connectivity index (χ0) is 27.3. The fourth-order valence-electron chi connectivity index (χ4n) is 6.02. The number of halogens is 1. The number of hydrogen-bond acceptors (Lipinski definition) is 7. The molecule has 0 saturated carbocycles. The molecular weight excluding hydrogens is 485 g/mol. The lowest BCUT2D eigenvalue weighted by molar-refractivity contribution is -0.132. The maximum absolute atomic E-state index is 15.7. The van der Waals surface area contributed by atoms with Gasteiger partial charge in [0, 0.05) is 74.9 Å². The van der Waals surface area contributed by atoms with Crippen molar-refractivity contribution >= 4 is 5.91 Å². The number of aromatic nitrogens is 3. The van der Waals surface area contributed by atoms with Crippen molar-refractivity contribution in [2.75, 3.05) is 33.2 Å². The summed E-state index contributed by atoms with van der Waals surface area (Å²) in [6.45, 7) is 9.89. The fourth-order valence-corrected chi connectivity index (χ4v) is 6.02. The summed E-state index contributed by atoms with van der Waals surface area (Å²) in [5.41, 5.74) is -0.388. The quantitative estimate of drug-likeness (QED) is 0.518. The minimum atomic E-state index is -1.79. The van der Waals surface area contributed by atoms with Gasteiger partial charge >= 0.3 is 0 Å². The third-order valence-electron chi connectivity index (χ3n) is 8.33. The Morgan fingerprint density at radius 1 is 1.13 bits per heavy atom. The summed E-state index contributed by atoms with van der Waals surface area (Å²) < 4.78 is 21.1. The summed E-state index contributed by atoms with van der Waals surface area (Å²) in [7, 11) is 2.03. The minimum Gasteiger partial charge on any atom is -0.380 e. The van der Waals surface area contributed by atoms with Crippen LogP contribution < -0.4 is 0 Å². The Morgan fingerprint density at radius 3 is 2.37 bits per heavy atom. The van der Waals surface area contributed by atoms with Crippen molar-refractivity contribution in [3.05, 3.63) is 65.3 Å². The normalized spacial score (nSPS) is 20.7. The lowest BCUT2D eigenvalue weighted by Gasteiger charge is -2.55. The molecule has 5 rings (SSSR count). The van der Waals surface area contributed by atoms with Gasteiger partial charge in [0.15, 0.2) is 5.67 Å². The molecule has 0 bridgehead atoms. The molecule has 2 fully saturated rings. The van der Waals surface area contributed by atoms with E-state index in [-0.39, 0.29) is 30.5 Å². The molecule has 3 aromatic rings. The first-order chi connectivity index (χ1) is 17.9. The maximum atomic E-state index is 15.7. The molecule has 0 radical (unpaired) electrons. The van der Waals surface area contributed by atoms with Gasteiger partial charge < -0.3 is 19.4 Å². The van der Waals surface area contributed by atoms with E-state index in [9.17, 15) is 9.90 Å². The highest BCUT2D eigenvalue weighted by Gasteiger charge is 2.55. The van der Waals surface area contributed by atoms with Gasteiger partial charge in [0.1, 0.15) is 5.60 Å². The van der Waals surface area contributed by atoms with Crippen LogP contribution in [-0.4, -0.2) is 69.2 Å². The summed E-state index contributed by atoms with van der Waals surface area (Å²) >= 11 is 0. The van der Waals surface area contributed by atoms with E-state index in [4.69, 9.17) is 4.52 Å². The molecule has 202 valence electrons. The smallest absolute Gasteiger partial charge is 0.264 e. The average molecular weight is 522 g/mol. The van der Waals surface area contributed by atoms with Crippen LogP contribution in [-0.2, 0) is 16.1 Å². The third-order valence-corrected chi connectivity index (χ3v) is 8.33. The van der Waals surface area contributed by atoms with Gasteiger partial charge in [-0.2, -0.15) is 4.98 Å². The van der Waals surface area contributed by atoms with Crippen molar-refractivity contribution in [3.63, 3.8) is 0 Å². The Labute approximate surface area is 222 Å². The SMILES string of the molecule is CC(=O)N1CCC(F)(c2nc(-c3cncc(C(O)(c4ccc(C(C)C)cc4)C4(C)CN(C)C4)c3)no2)CC1. The van der Waals surface area contributed by atoms with Gasteiger partial charge in [0.25, 0.3) is 5.89 Å². The molecule has 1 aromatic carbocycles. The van der Waals surface area contributed by atoms with E-state index in [0.29, 0.717) is 43.2 Å². The fraction of sp³-hybridized carbons (Fsp3) is 0.517. The number of nitrogens with zero attached hydrogens (tertiary/aromatic N) is 5. The van der Waals surface area contributed by atoms with Crippen molar-refractivity contribution in [2.24, 2.45) is 5.41 Å². The summed E-state index contributed by atoms with van der Waals surface area (Å²) in [5, 5.41) is 16.5. The predicted octanol–water partition coefficient (Wildman–Crippen LogP) is 4.25. The molecule has 4 heterocycles. The van der Waals surface area contributed by atoms with Crippen LogP contribution in [0.1, 0.15) is 69.0 Å². The zero-order valence-corrected chi connectivity index (χ0v) is 22.7. The first kappa shape index (κ1) is 26.4. The molecular formula is C29H36FN5O3. The molecule has 9 heteroatoms. The Bertz CT molecular complexity index is 1310. The molecule has 2 aliphatic heterocycles. The van der Waals surface area contributed by atoms with E-state index in [1.165, 1.54) is 12.5 Å². The highest BCUT2D eigenvalue weighted by Crippen LogP contribution is 2.50. The maximum Gasteiger partial charge on any atom is 0.264 e. The number of likely N-dealkylation sites (tertiary alicyclic amines) is 2. The number of benzene rings is 1. The standard InChI is InChI=1S/C29H36FN5O3/c1-19(2)21-6-8-23(9-7-21)29(37,27(4)17-34(5)18-27)24-14-22(15-31-16-24)25-32-26(38-33-25)28(30)10-12-35(13-11-28)20(3)36/h6-9,14-16,19,37H,10-13,17-18H2,1-5H3. The van der Waals surface area contributed by atoms with E-state index >= 15 is 4.39 Å². The number of amides is 1. The van der Waals surface area contributed by atoms with Crippen molar-refractivity contribution < 1.29 is 18.8 Å². The summed E-state index contributed by atoms with van der Waals surface area (Å²) in [5.74, 6) is 0.439. The molecule has 1 unspecified atom stereocenters. The number of carbonyl (C=O) groups is 1. The Hall–Kier alpha value is -3.17. The van der Waals surface area contributed by atoms with Crippen LogP contribution in [0.25, 0.3) is 11.4 Å². The average Bonchev–Trinajstić information content (AvgIpc) is 3.39. The van der Waals surface area contributed by atoms with E-state index in [1.807, 2.05) is 25.2 Å². The Morgan fingerprint density at radius 2 is 1.79 bits per heavy atom. The molecule has 2 saturated heterocycles. The van der Waals surface area contributed by atoms with Crippen molar-refractivity contribution in [1.29, 1.82) is 0 Å². The number of hydrogen-bond donors (Lipinski definition) is 1. The van der Waals surface area contributed by atoms with Gasteiger partial charge in [0.2, 0.25) is 11.7 Å². The van der Waals surface area contributed by atoms with E-state index in [0.717, 1.165) is 5.56 Å². The van der Waals surface area contributed by atoms with Crippen molar-refractivity contribution in [2.45, 2.75) is 57.7 Å². The highest BCUT2D eigenvalue weighted by molar-refractivity contribution is 5.73. The van der Waals surface area contributed by atoms with E-state index < -0.39 is 16.7 Å². The molecule has 2 aromatic heterocycles. The first-order valence-corrected chi connectivity index (χ1v) is 13.2. The van der Waals surface area contributed by atoms with E-state index in [1.54, 1.807) is 17.3 Å². The monoisotopic (exact) mass is 521 g/mol. The van der Waals surface area contributed by atoms with Gasteiger partial charge in [-0.1, -0.05) is 50.2 Å².